The highest BCUT2D eigenvalue weighted by atomic mass is 16.5. The fourth-order valence-corrected chi connectivity index (χ4v) is 3.18. The number of Topliss-reactive ketones (excluding diaryl/α,β-unsaturated/α-hetero) is 1. The monoisotopic (exact) mass is 398 g/mol. The molecule has 2 N–H and O–H groups in total. The molecule has 0 bridgehead atoms. The normalized spacial score (nSPS) is 19.0. The van der Waals surface area contributed by atoms with Crippen LogP contribution >= 0.6 is 0 Å². The van der Waals surface area contributed by atoms with Gasteiger partial charge in [-0.3, -0.25) is 9.80 Å². The molecular formula is C22H26N2O5. The van der Waals surface area contributed by atoms with E-state index in [-0.39, 0.29) is 11.7 Å². The van der Waals surface area contributed by atoms with Crippen molar-refractivity contribution in [3.8, 4) is 5.75 Å². The maximum absolute atomic E-state index is 12.1. The van der Waals surface area contributed by atoms with Gasteiger partial charge in [-0.05, 0) is 24.6 Å². The second-order valence-corrected chi connectivity index (χ2v) is 6.96. The minimum absolute atomic E-state index is 0.0858. The second kappa shape index (κ2) is 9.43. The van der Waals surface area contributed by atoms with E-state index in [9.17, 15) is 9.59 Å². The summed E-state index contributed by atoms with van der Waals surface area (Å²) in [5.41, 5.74) is 5.58. The molecule has 3 rings (SSSR count). The third-order valence-electron chi connectivity index (χ3n) is 4.81. The van der Waals surface area contributed by atoms with Gasteiger partial charge in [0.25, 0.3) is 0 Å². The summed E-state index contributed by atoms with van der Waals surface area (Å²) in [5.74, 6) is -0.218. The number of carbonyl (C=O) groups excluding carboxylic acids is 1. The van der Waals surface area contributed by atoms with Crippen LogP contribution in [0.2, 0.25) is 0 Å². The Morgan fingerprint density at radius 1 is 1.31 bits per heavy atom. The van der Waals surface area contributed by atoms with Gasteiger partial charge in [0.15, 0.2) is 11.9 Å². The number of fused-ring (bicyclic) bond motifs is 1. The summed E-state index contributed by atoms with van der Waals surface area (Å²) in [6.45, 7) is 5.07. The van der Waals surface area contributed by atoms with E-state index in [1.807, 2.05) is 54.6 Å². The number of allylic oxidation sites excluding steroid dienone is 4. The zero-order valence-corrected chi connectivity index (χ0v) is 16.6. The van der Waals surface area contributed by atoms with E-state index in [1.54, 1.807) is 13.1 Å². The summed E-state index contributed by atoms with van der Waals surface area (Å²) >= 11 is 0. The van der Waals surface area contributed by atoms with Crippen molar-refractivity contribution in [1.29, 1.82) is 0 Å². The topological polar surface area (TPSA) is 88.1 Å². The van der Waals surface area contributed by atoms with Crippen molar-refractivity contribution in [2.75, 3.05) is 19.8 Å². The molecule has 0 aromatic heterocycles. The smallest absolute Gasteiger partial charge is 0.333 e. The highest BCUT2D eigenvalue weighted by molar-refractivity contribution is 6.04. The molecule has 1 aliphatic heterocycles. The van der Waals surface area contributed by atoms with Crippen molar-refractivity contribution in [2.45, 2.75) is 26.4 Å². The molecule has 2 unspecified atom stereocenters. The van der Waals surface area contributed by atoms with Gasteiger partial charge < -0.3 is 20.0 Å². The average molecular weight is 398 g/mol. The zero-order valence-electron chi connectivity index (χ0n) is 16.6. The third-order valence-corrected chi connectivity index (χ3v) is 4.81. The number of carbonyl (C=O) groups is 2. The van der Waals surface area contributed by atoms with Gasteiger partial charge in [0.2, 0.25) is 0 Å². The molecule has 7 nitrogen and oxygen atoms in total. The lowest BCUT2D eigenvalue weighted by Gasteiger charge is -2.28. The predicted octanol–water partition coefficient (Wildman–Crippen LogP) is 2.46. The largest absolute Gasteiger partial charge is 0.492 e. The van der Waals surface area contributed by atoms with E-state index in [0.717, 1.165) is 11.1 Å². The van der Waals surface area contributed by atoms with Crippen LogP contribution in [0.25, 0.3) is 0 Å². The number of nitrogens with one attached hydrogen (secondary N) is 1. The summed E-state index contributed by atoms with van der Waals surface area (Å²) in [7, 11) is 0. The fourth-order valence-electron chi connectivity index (χ4n) is 3.18. The van der Waals surface area contributed by atoms with Crippen LogP contribution in [0.15, 0.2) is 60.0 Å². The van der Waals surface area contributed by atoms with Crippen molar-refractivity contribution >= 4 is 11.8 Å². The molecule has 1 heterocycles. The van der Waals surface area contributed by atoms with Crippen LogP contribution in [-0.4, -0.2) is 47.7 Å². The van der Waals surface area contributed by atoms with E-state index in [0.29, 0.717) is 37.5 Å². The van der Waals surface area contributed by atoms with Crippen molar-refractivity contribution in [1.82, 2.24) is 10.4 Å². The van der Waals surface area contributed by atoms with Gasteiger partial charge in [0, 0.05) is 42.5 Å². The molecule has 1 aromatic carbocycles. The van der Waals surface area contributed by atoms with Crippen LogP contribution in [0.4, 0.5) is 0 Å². The number of ether oxygens (including phenoxy) is 2. The van der Waals surface area contributed by atoms with Crippen LogP contribution in [0.5, 0.6) is 5.75 Å². The molecule has 0 radical (unpaired) electrons. The number of carboxylic acids is 1. The number of ketones is 1. The third kappa shape index (κ3) is 5.26. The first-order valence-electron chi connectivity index (χ1n) is 9.71. The first kappa shape index (κ1) is 20.7. The van der Waals surface area contributed by atoms with Crippen molar-refractivity contribution in [2.24, 2.45) is 5.92 Å². The molecule has 2 atom stereocenters. The predicted molar refractivity (Wildman–Crippen MR) is 108 cm³/mol. The molecular weight excluding hydrogens is 372 g/mol. The Kier molecular flexibility index (Phi) is 6.72. The number of hydrazine groups is 1. The van der Waals surface area contributed by atoms with E-state index < -0.39 is 12.1 Å². The molecule has 0 fully saturated rings. The Hall–Kier alpha value is -3.06. The lowest BCUT2D eigenvalue weighted by atomic mass is 9.88. The van der Waals surface area contributed by atoms with Gasteiger partial charge in [0.05, 0.1) is 6.54 Å². The lowest BCUT2D eigenvalue weighted by Crippen LogP contribution is -2.37. The molecule has 0 saturated heterocycles. The number of rotatable bonds is 9. The molecule has 0 saturated carbocycles. The standard InChI is InChI=1S/C22H26N2O5/c1-3-28-20(22(26)27)12-16-5-8-18(9-6-16)29-11-10-24-14-17-7-4-15(2)21(25)19(17)13-23-24/h4-9,13-15,20,23H,3,10-12H2,1-2H3,(H,26,27). The zero-order chi connectivity index (χ0) is 20.8. The quantitative estimate of drug-likeness (QED) is 0.661. The summed E-state index contributed by atoms with van der Waals surface area (Å²) in [6, 6.07) is 7.34. The van der Waals surface area contributed by atoms with Gasteiger partial charge >= 0.3 is 5.97 Å². The first-order valence-corrected chi connectivity index (χ1v) is 9.71. The van der Waals surface area contributed by atoms with Crippen molar-refractivity contribution in [3.05, 3.63) is 65.5 Å². The Morgan fingerprint density at radius 2 is 2.07 bits per heavy atom. The summed E-state index contributed by atoms with van der Waals surface area (Å²) < 4.78 is 11.0. The summed E-state index contributed by atoms with van der Waals surface area (Å²) in [4.78, 5) is 23.3. The molecule has 0 amide bonds. The van der Waals surface area contributed by atoms with Crippen LogP contribution in [0.1, 0.15) is 19.4 Å². The maximum Gasteiger partial charge on any atom is 0.333 e. The number of hydrogen-bond donors (Lipinski definition) is 2. The Balaban J connectivity index is 1.48. The second-order valence-electron chi connectivity index (χ2n) is 6.96. The fraction of sp³-hybridized carbons (Fsp3) is 0.364. The Bertz CT molecular complexity index is 841. The van der Waals surface area contributed by atoms with Gasteiger partial charge in [-0.1, -0.05) is 31.2 Å². The van der Waals surface area contributed by atoms with Crippen LogP contribution < -0.4 is 10.2 Å². The maximum atomic E-state index is 12.1. The van der Waals surface area contributed by atoms with E-state index in [2.05, 4.69) is 5.43 Å². The van der Waals surface area contributed by atoms with Crippen molar-refractivity contribution in [3.63, 3.8) is 0 Å². The summed E-state index contributed by atoms with van der Waals surface area (Å²) in [6.07, 6.45) is 7.00. The number of hydrogen-bond acceptors (Lipinski definition) is 6. The van der Waals surface area contributed by atoms with Crippen LogP contribution in [0.3, 0.4) is 0 Å². The molecule has 0 spiro atoms. The van der Waals surface area contributed by atoms with E-state index in [1.165, 1.54) is 0 Å². The van der Waals surface area contributed by atoms with Gasteiger partial charge in [-0.15, -0.1) is 0 Å². The molecule has 154 valence electrons. The van der Waals surface area contributed by atoms with E-state index in [4.69, 9.17) is 14.6 Å². The highest BCUT2D eigenvalue weighted by Crippen LogP contribution is 2.25. The minimum Gasteiger partial charge on any atom is -0.492 e. The Morgan fingerprint density at radius 3 is 2.76 bits per heavy atom. The lowest BCUT2D eigenvalue weighted by molar-refractivity contribution is -0.149. The number of benzene rings is 1. The molecule has 1 aromatic rings. The highest BCUT2D eigenvalue weighted by Gasteiger charge is 2.25. The molecule has 2 aliphatic rings. The SMILES string of the molecule is CCOC(Cc1ccc(OCCN2C=C3C=CC(C)C(=O)C3=CN2)cc1)C(=O)O. The minimum atomic E-state index is -0.962. The Labute approximate surface area is 170 Å². The molecule has 29 heavy (non-hydrogen) atoms. The van der Waals surface area contributed by atoms with Crippen LogP contribution in [0, 0.1) is 5.92 Å². The number of nitrogens with zero attached hydrogens (tertiary/aromatic N) is 1. The van der Waals surface area contributed by atoms with Gasteiger partial charge in [-0.2, -0.15) is 0 Å². The van der Waals surface area contributed by atoms with Gasteiger partial charge in [-0.25, -0.2) is 4.79 Å². The first-order chi connectivity index (χ1) is 14.0. The number of carboxylic acid groups (broad SMARTS) is 1. The van der Waals surface area contributed by atoms with Gasteiger partial charge in [0.1, 0.15) is 12.4 Å². The summed E-state index contributed by atoms with van der Waals surface area (Å²) in [5, 5.41) is 11.0. The molecule has 1 aliphatic carbocycles. The average Bonchev–Trinajstić information content (AvgIpc) is 2.71. The molecule has 7 heteroatoms. The van der Waals surface area contributed by atoms with Crippen LogP contribution in [-0.2, 0) is 20.7 Å². The van der Waals surface area contributed by atoms with E-state index >= 15 is 0 Å². The van der Waals surface area contributed by atoms with Crippen molar-refractivity contribution < 1.29 is 24.2 Å². The number of aliphatic carboxylic acids is 1.